The van der Waals surface area contributed by atoms with Crippen LogP contribution >= 0.6 is 0 Å². The average molecular weight is 364 g/mol. The van der Waals surface area contributed by atoms with Gasteiger partial charge in [0, 0.05) is 51.0 Å². The van der Waals surface area contributed by atoms with Gasteiger partial charge in [0.2, 0.25) is 5.91 Å². The molecule has 0 saturated carbocycles. The zero-order chi connectivity index (χ0) is 18.5. The van der Waals surface area contributed by atoms with Gasteiger partial charge in [-0.2, -0.15) is 0 Å². The molecule has 2 fully saturated rings. The van der Waals surface area contributed by atoms with Crippen LogP contribution in [0.4, 0.5) is 5.69 Å². The van der Waals surface area contributed by atoms with Crippen molar-refractivity contribution in [3.63, 3.8) is 0 Å². The zero-order valence-electron chi connectivity index (χ0n) is 16.0. The highest BCUT2D eigenvalue weighted by molar-refractivity contribution is 5.78. The topological polar surface area (TPSA) is 26.8 Å². The summed E-state index contributed by atoms with van der Waals surface area (Å²) in [5.41, 5.74) is 2.43. The summed E-state index contributed by atoms with van der Waals surface area (Å²) in [4.78, 5) is 19.9. The average Bonchev–Trinajstić information content (AvgIpc) is 2.75. The van der Waals surface area contributed by atoms with E-state index >= 15 is 0 Å². The van der Waals surface area contributed by atoms with E-state index < -0.39 is 0 Å². The summed E-state index contributed by atoms with van der Waals surface area (Å²) in [6.45, 7) is 6.10. The molecule has 2 heterocycles. The van der Waals surface area contributed by atoms with Crippen molar-refractivity contribution in [1.82, 2.24) is 9.80 Å². The molecule has 0 bridgehead atoms. The molecule has 0 radical (unpaired) electrons. The third-order valence-corrected chi connectivity index (χ3v) is 5.90. The van der Waals surface area contributed by atoms with Crippen molar-refractivity contribution in [1.29, 1.82) is 0 Å². The fourth-order valence-electron chi connectivity index (χ4n) is 4.35. The molecule has 0 spiro atoms. The number of benzene rings is 2. The van der Waals surface area contributed by atoms with E-state index in [1.165, 1.54) is 12.1 Å². The molecule has 4 nitrogen and oxygen atoms in total. The number of nitrogens with zero attached hydrogens (tertiary/aromatic N) is 3. The molecular formula is C23H29N3O. The van der Waals surface area contributed by atoms with Crippen LogP contribution in [-0.4, -0.2) is 61.0 Å². The number of para-hydroxylation sites is 1. The van der Waals surface area contributed by atoms with Crippen LogP contribution < -0.4 is 4.90 Å². The van der Waals surface area contributed by atoms with Gasteiger partial charge in [0.25, 0.3) is 0 Å². The Balaban J connectivity index is 1.30. The molecule has 2 saturated heterocycles. The summed E-state index contributed by atoms with van der Waals surface area (Å²) in [6.07, 6.45) is 2.85. The highest BCUT2D eigenvalue weighted by Crippen LogP contribution is 2.21. The van der Waals surface area contributed by atoms with Crippen LogP contribution in [0, 0.1) is 0 Å². The first-order valence-corrected chi connectivity index (χ1v) is 10.2. The van der Waals surface area contributed by atoms with Gasteiger partial charge in [0.05, 0.1) is 6.42 Å². The van der Waals surface area contributed by atoms with Gasteiger partial charge in [-0.05, 0) is 30.5 Å². The van der Waals surface area contributed by atoms with Crippen LogP contribution in [0.15, 0.2) is 60.7 Å². The Morgan fingerprint density at radius 1 is 0.852 bits per heavy atom. The summed E-state index contributed by atoms with van der Waals surface area (Å²) in [7, 11) is 0. The fraction of sp³-hybridized carbons (Fsp3) is 0.435. The van der Waals surface area contributed by atoms with Gasteiger partial charge in [-0.3, -0.25) is 9.69 Å². The summed E-state index contributed by atoms with van der Waals surface area (Å²) in [5, 5.41) is 0. The summed E-state index contributed by atoms with van der Waals surface area (Å²) in [6, 6.07) is 21.3. The number of anilines is 1. The molecule has 0 N–H and O–H groups in total. The van der Waals surface area contributed by atoms with Crippen LogP contribution in [0.1, 0.15) is 18.4 Å². The number of hydrogen-bond donors (Lipinski definition) is 0. The normalized spacial score (nSPS) is 21.3. The van der Waals surface area contributed by atoms with E-state index in [9.17, 15) is 4.79 Å². The maximum absolute atomic E-state index is 12.7. The molecule has 2 aromatic rings. The minimum absolute atomic E-state index is 0.272. The van der Waals surface area contributed by atoms with Crippen LogP contribution in [0.2, 0.25) is 0 Å². The highest BCUT2D eigenvalue weighted by atomic mass is 16.2. The summed E-state index contributed by atoms with van der Waals surface area (Å²) < 4.78 is 0. The molecule has 0 aromatic heterocycles. The molecule has 1 unspecified atom stereocenters. The molecule has 4 rings (SSSR count). The molecule has 2 aliphatic rings. The van der Waals surface area contributed by atoms with Crippen molar-refractivity contribution in [3.05, 3.63) is 66.2 Å². The summed E-state index contributed by atoms with van der Waals surface area (Å²) >= 11 is 0. The lowest BCUT2D eigenvalue weighted by molar-refractivity contribution is -0.132. The lowest BCUT2D eigenvalue weighted by atomic mass is 10.0. The molecular weight excluding hydrogens is 334 g/mol. The Bertz CT molecular complexity index is 726. The van der Waals surface area contributed by atoms with Gasteiger partial charge in [-0.15, -0.1) is 0 Å². The number of amides is 1. The third-order valence-electron chi connectivity index (χ3n) is 5.90. The first-order valence-electron chi connectivity index (χ1n) is 10.2. The zero-order valence-corrected chi connectivity index (χ0v) is 16.0. The van der Waals surface area contributed by atoms with Crippen LogP contribution in [0.25, 0.3) is 0 Å². The van der Waals surface area contributed by atoms with Gasteiger partial charge >= 0.3 is 0 Å². The summed E-state index contributed by atoms with van der Waals surface area (Å²) in [5.74, 6) is 0.272. The maximum Gasteiger partial charge on any atom is 0.227 e. The Morgan fingerprint density at radius 3 is 2.22 bits per heavy atom. The quantitative estimate of drug-likeness (QED) is 0.835. The largest absolute Gasteiger partial charge is 0.369 e. The smallest absolute Gasteiger partial charge is 0.227 e. The second-order valence-corrected chi connectivity index (χ2v) is 7.66. The van der Waals surface area contributed by atoms with Crippen molar-refractivity contribution >= 4 is 11.6 Å². The van der Waals surface area contributed by atoms with Crippen LogP contribution in [-0.2, 0) is 11.2 Å². The molecule has 27 heavy (non-hydrogen) atoms. The van der Waals surface area contributed by atoms with Crippen molar-refractivity contribution in [2.75, 3.05) is 44.2 Å². The molecule has 1 amide bonds. The van der Waals surface area contributed by atoms with Gasteiger partial charge < -0.3 is 9.80 Å². The van der Waals surface area contributed by atoms with E-state index in [-0.39, 0.29) is 5.91 Å². The Morgan fingerprint density at radius 2 is 1.52 bits per heavy atom. The highest BCUT2D eigenvalue weighted by Gasteiger charge is 2.29. The number of carbonyl (C=O) groups is 1. The van der Waals surface area contributed by atoms with E-state index in [1.807, 2.05) is 30.3 Å². The van der Waals surface area contributed by atoms with E-state index in [0.717, 1.165) is 51.3 Å². The Kier molecular flexibility index (Phi) is 5.73. The second kappa shape index (κ2) is 8.57. The first kappa shape index (κ1) is 18.1. The molecule has 2 aliphatic heterocycles. The molecule has 0 aliphatic carbocycles. The van der Waals surface area contributed by atoms with E-state index in [4.69, 9.17) is 0 Å². The van der Waals surface area contributed by atoms with Crippen LogP contribution in [0.5, 0.6) is 0 Å². The SMILES string of the molecule is O=C(Cc1ccccc1)N1CCCC(N2CCN(c3ccccc3)CC2)C1. The molecule has 1 atom stereocenters. The van der Waals surface area contributed by atoms with E-state index in [1.54, 1.807) is 0 Å². The number of piperazine rings is 1. The van der Waals surface area contributed by atoms with E-state index in [2.05, 4.69) is 45.0 Å². The lowest BCUT2D eigenvalue weighted by Gasteiger charge is -2.44. The lowest BCUT2D eigenvalue weighted by Crippen LogP contribution is -2.56. The second-order valence-electron chi connectivity index (χ2n) is 7.66. The maximum atomic E-state index is 12.7. The van der Waals surface area contributed by atoms with Gasteiger partial charge in [-0.1, -0.05) is 48.5 Å². The number of piperidine rings is 1. The number of carbonyl (C=O) groups excluding carboxylic acids is 1. The standard InChI is InChI=1S/C23H29N3O/c27-23(18-20-8-3-1-4-9-20)26-13-7-12-22(19-26)25-16-14-24(15-17-25)21-10-5-2-6-11-21/h1-6,8-11,22H,7,12-19H2. The van der Waals surface area contributed by atoms with Crippen molar-refractivity contribution in [3.8, 4) is 0 Å². The Hall–Kier alpha value is -2.33. The van der Waals surface area contributed by atoms with E-state index in [0.29, 0.717) is 12.5 Å². The van der Waals surface area contributed by atoms with Crippen molar-refractivity contribution in [2.24, 2.45) is 0 Å². The minimum Gasteiger partial charge on any atom is -0.369 e. The number of hydrogen-bond acceptors (Lipinski definition) is 3. The molecule has 142 valence electrons. The molecule has 2 aromatic carbocycles. The van der Waals surface area contributed by atoms with Gasteiger partial charge in [-0.25, -0.2) is 0 Å². The third kappa shape index (κ3) is 4.51. The number of rotatable bonds is 4. The van der Waals surface area contributed by atoms with Gasteiger partial charge in [0.1, 0.15) is 0 Å². The minimum atomic E-state index is 0.272. The first-order chi connectivity index (χ1) is 13.3. The fourth-order valence-corrected chi connectivity index (χ4v) is 4.35. The monoisotopic (exact) mass is 363 g/mol. The molecule has 4 heteroatoms. The predicted molar refractivity (Wildman–Crippen MR) is 110 cm³/mol. The number of likely N-dealkylation sites (tertiary alicyclic amines) is 1. The van der Waals surface area contributed by atoms with Gasteiger partial charge in [0.15, 0.2) is 0 Å². The van der Waals surface area contributed by atoms with Crippen molar-refractivity contribution in [2.45, 2.75) is 25.3 Å². The van der Waals surface area contributed by atoms with Crippen LogP contribution in [0.3, 0.4) is 0 Å². The predicted octanol–water partition coefficient (Wildman–Crippen LogP) is 3.04. The Labute approximate surface area is 162 Å². The van der Waals surface area contributed by atoms with Crippen molar-refractivity contribution < 1.29 is 4.79 Å².